The summed E-state index contributed by atoms with van der Waals surface area (Å²) in [5, 5.41) is 2.65. The smallest absolute Gasteiger partial charge is 0.407 e. The molecule has 0 aliphatic carbocycles. The zero-order chi connectivity index (χ0) is 13.6. The summed E-state index contributed by atoms with van der Waals surface area (Å²) < 4.78 is 17.7. The van der Waals surface area contributed by atoms with Crippen molar-refractivity contribution in [2.24, 2.45) is 0 Å². The monoisotopic (exact) mass is 252 g/mol. The first-order chi connectivity index (χ1) is 8.37. The van der Waals surface area contributed by atoms with Crippen LogP contribution in [0, 0.1) is 12.2 Å². The van der Waals surface area contributed by atoms with E-state index < -0.39 is 11.7 Å². The highest BCUT2D eigenvalue weighted by molar-refractivity contribution is 5.67. The normalized spacial score (nSPS) is 11.1. The molecule has 0 fully saturated rings. The van der Waals surface area contributed by atoms with E-state index in [9.17, 15) is 9.18 Å². The molecule has 1 radical (unpaired) electrons. The van der Waals surface area contributed by atoms with Crippen molar-refractivity contribution in [2.75, 3.05) is 6.54 Å². The molecule has 99 valence electrons. The van der Waals surface area contributed by atoms with Gasteiger partial charge in [-0.3, -0.25) is 0 Å². The molecule has 1 aromatic carbocycles. The Morgan fingerprint density at radius 1 is 1.33 bits per heavy atom. The standard InChI is InChI=1S/C14H19FNO2/c1-14(2,3)18-13(17)16-10-4-5-11-6-8-12(15)9-7-11/h5-9H,4,10H2,1-3H3,(H,16,17). The van der Waals surface area contributed by atoms with Gasteiger partial charge in [0.25, 0.3) is 0 Å². The molecule has 1 N–H and O–H groups in total. The third-order valence-electron chi connectivity index (χ3n) is 2.06. The molecule has 0 spiro atoms. The van der Waals surface area contributed by atoms with Gasteiger partial charge in [0.05, 0.1) is 0 Å². The van der Waals surface area contributed by atoms with Crippen LogP contribution in [0.5, 0.6) is 0 Å². The zero-order valence-corrected chi connectivity index (χ0v) is 11.0. The Morgan fingerprint density at radius 3 is 2.50 bits per heavy atom. The topological polar surface area (TPSA) is 38.3 Å². The molecule has 0 saturated carbocycles. The van der Waals surface area contributed by atoms with Gasteiger partial charge in [-0.25, -0.2) is 9.18 Å². The minimum absolute atomic E-state index is 0.251. The van der Waals surface area contributed by atoms with Gasteiger partial charge in [0.15, 0.2) is 0 Å². The van der Waals surface area contributed by atoms with E-state index >= 15 is 0 Å². The van der Waals surface area contributed by atoms with Crippen LogP contribution in [0.3, 0.4) is 0 Å². The fourth-order valence-corrected chi connectivity index (χ4v) is 1.33. The van der Waals surface area contributed by atoms with Gasteiger partial charge in [-0.15, -0.1) is 0 Å². The van der Waals surface area contributed by atoms with Gasteiger partial charge in [0.1, 0.15) is 11.4 Å². The predicted octanol–water partition coefficient (Wildman–Crippen LogP) is 3.29. The molecule has 0 saturated heterocycles. The lowest BCUT2D eigenvalue weighted by atomic mass is 10.1. The van der Waals surface area contributed by atoms with Gasteiger partial charge in [0.2, 0.25) is 0 Å². The molecule has 18 heavy (non-hydrogen) atoms. The molecule has 3 nitrogen and oxygen atoms in total. The molecule has 4 heteroatoms. The Balaban J connectivity index is 2.19. The lowest BCUT2D eigenvalue weighted by molar-refractivity contribution is 0.0528. The molecule has 0 heterocycles. The number of rotatable bonds is 4. The largest absolute Gasteiger partial charge is 0.444 e. The van der Waals surface area contributed by atoms with E-state index in [0.29, 0.717) is 13.0 Å². The maximum absolute atomic E-state index is 12.7. The van der Waals surface area contributed by atoms with Gasteiger partial charge in [-0.05, 0) is 51.3 Å². The van der Waals surface area contributed by atoms with E-state index in [-0.39, 0.29) is 5.82 Å². The Morgan fingerprint density at radius 2 is 1.94 bits per heavy atom. The number of amides is 1. The number of nitrogens with one attached hydrogen (secondary N) is 1. The second-order valence-electron chi connectivity index (χ2n) is 4.97. The Labute approximate surface area is 107 Å². The Bertz CT molecular complexity index is 382. The number of halogens is 1. The average molecular weight is 252 g/mol. The van der Waals surface area contributed by atoms with Crippen molar-refractivity contribution < 1.29 is 13.9 Å². The molecule has 0 aromatic heterocycles. The van der Waals surface area contributed by atoms with Crippen LogP contribution < -0.4 is 5.32 Å². The van der Waals surface area contributed by atoms with E-state index in [1.807, 2.05) is 27.2 Å². The second-order valence-corrected chi connectivity index (χ2v) is 4.97. The summed E-state index contributed by atoms with van der Waals surface area (Å²) in [6.07, 6.45) is 2.18. The van der Waals surface area contributed by atoms with Crippen LogP contribution >= 0.6 is 0 Å². The van der Waals surface area contributed by atoms with Crippen LogP contribution in [0.4, 0.5) is 9.18 Å². The maximum Gasteiger partial charge on any atom is 0.407 e. The summed E-state index contributed by atoms with van der Waals surface area (Å²) in [6.45, 7) is 5.94. The lowest BCUT2D eigenvalue weighted by Gasteiger charge is -2.19. The molecule has 0 bridgehead atoms. The SMILES string of the molecule is CC(C)(C)OC(=O)NCC[CH]c1ccc(F)cc1. The highest BCUT2D eigenvalue weighted by atomic mass is 19.1. The third-order valence-corrected chi connectivity index (χ3v) is 2.06. The quantitative estimate of drug-likeness (QED) is 0.835. The number of benzene rings is 1. The first-order valence-corrected chi connectivity index (χ1v) is 5.92. The third kappa shape index (κ3) is 6.23. The maximum atomic E-state index is 12.7. The summed E-state index contributed by atoms with van der Waals surface area (Å²) >= 11 is 0. The second kappa shape index (κ2) is 6.38. The van der Waals surface area contributed by atoms with Crippen molar-refractivity contribution in [3.8, 4) is 0 Å². The van der Waals surface area contributed by atoms with Crippen molar-refractivity contribution in [1.82, 2.24) is 5.32 Å². The number of carbonyl (C=O) groups is 1. The minimum Gasteiger partial charge on any atom is -0.444 e. The summed E-state index contributed by atoms with van der Waals surface area (Å²) in [5.41, 5.74) is 0.451. The van der Waals surface area contributed by atoms with E-state index in [0.717, 1.165) is 5.56 Å². The molecular weight excluding hydrogens is 233 g/mol. The van der Waals surface area contributed by atoms with Crippen molar-refractivity contribution in [3.63, 3.8) is 0 Å². The average Bonchev–Trinajstić information content (AvgIpc) is 2.24. The molecule has 1 rings (SSSR count). The summed E-state index contributed by atoms with van der Waals surface area (Å²) in [4.78, 5) is 11.3. The van der Waals surface area contributed by atoms with E-state index in [2.05, 4.69) is 5.32 Å². The van der Waals surface area contributed by atoms with Gasteiger partial charge < -0.3 is 10.1 Å². The van der Waals surface area contributed by atoms with Crippen LogP contribution in [0.1, 0.15) is 32.8 Å². The number of hydrogen-bond donors (Lipinski definition) is 1. The molecule has 1 aromatic rings. The first-order valence-electron chi connectivity index (χ1n) is 5.92. The van der Waals surface area contributed by atoms with Crippen LogP contribution in [-0.4, -0.2) is 18.2 Å². The van der Waals surface area contributed by atoms with Gasteiger partial charge in [0, 0.05) is 6.54 Å². The summed E-state index contributed by atoms with van der Waals surface area (Å²) in [7, 11) is 0. The molecule has 0 aliphatic heterocycles. The molecular formula is C14H19FNO2. The minimum atomic E-state index is -0.481. The molecule has 0 unspecified atom stereocenters. The van der Waals surface area contributed by atoms with Gasteiger partial charge in [-0.2, -0.15) is 0 Å². The Hall–Kier alpha value is -1.58. The van der Waals surface area contributed by atoms with Crippen molar-refractivity contribution >= 4 is 6.09 Å². The first kappa shape index (κ1) is 14.5. The fourth-order valence-electron chi connectivity index (χ4n) is 1.33. The van der Waals surface area contributed by atoms with Crippen molar-refractivity contribution in [1.29, 1.82) is 0 Å². The van der Waals surface area contributed by atoms with Crippen LogP contribution in [-0.2, 0) is 4.74 Å². The highest BCUT2D eigenvalue weighted by Gasteiger charge is 2.15. The van der Waals surface area contributed by atoms with E-state index in [1.165, 1.54) is 12.1 Å². The summed E-state index contributed by atoms with van der Waals surface area (Å²) in [5.74, 6) is -0.251. The number of carbonyl (C=O) groups excluding carboxylic acids is 1. The Kier molecular flexibility index (Phi) is 5.13. The van der Waals surface area contributed by atoms with Gasteiger partial charge >= 0.3 is 6.09 Å². The van der Waals surface area contributed by atoms with Gasteiger partial charge in [-0.1, -0.05) is 12.1 Å². The molecule has 0 aliphatic rings. The van der Waals surface area contributed by atoms with Crippen molar-refractivity contribution in [3.05, 3.63) is 42.1 Å². The van der Waals surface area contributed by atoms with E-state index in [1.54, 1.807) is 12.1 Å². The molecule has 0 atom stereocenters. The number of hydrogen-bond acceptors (Lipinski definition) is 2. The molecule has 1 amide bonds. The number of alkyl carbamates (subject to hydrolysis) is 1. The lowest BCUT2D eigenvalue weighted by Crippen LogP contribution is -2.33. The fraction of sp³-hybridized carbons (Fsp3) is 0.429. The van der Waals surface area contributed by atoms with Crippen LogP contribution in [0.2, 0.25) is 0 Å². The van der Waals surface area contributed by atoms with E-state index in [4.69, 9.17) is 4.74 Å². The summed E-state index contributed by atoms with van der Waals surface area (Å²) in [6, 6.07) is 6.21. The highest BCUT2D eigenvalue weighted by Crippen LogP contribution is 2.08. The predicted molar refractivity (Wildman–Crippen MR) is 68.7 cm³/mol. The number of ether oxygens (including phenoxy) is 1. The zero-order valence-electron chi connectivity index (χ0n) is 11.0. The van der Waals surface area contributed by atoms with Crippen LogP contribution in [0.15, 0.2) is 24.3 Å². The van der Waals surface area contributed by atoms with Crippen molar-refractivity contribution in [2.45, 2.75) is 32.8 Å². The van der Waals surface area contributed by atoms with Crippen LogP contribution in [0.25, 0.3) is 0 Å².